The average molecular weight is 425 g/mol. The maximum Gasteiger partial charge on any atom is 0.189 e. The van der Waals surface area contributed by atoms with Crippen LogP contribution in [-0.4, -0.2) is 26.7 Å². The van der Waals surface area contributed by atoms with E-state index in [1.54, 1.807) is 0 Å². The van der Waals surface area contributed by atoms with Crippen LogP contribution in [0.5, 0.6) is 0 Å². The molecule has 1 unspecified atom stereocenters. The molecule has 1 aromatic rings. The number of halogens is 1. The number of nitrogens with one attached hydrogen (secondary N) is 1. The summed E-state index contributed by atoms with van der Waals surface area (Å²) in [5.41, 5.74) is 7.45. The molecule has 0 fully saturated rings. The highest BCUT2D eigenvalue weighted by Gasteiger charge is 2.08. The summed E-state index contributed by atoms with van der Waals surface area (Å²) in [5, 5.41) is 3.08. The Balaban J connectivity index is 0.00000400. The number of nitrogens with two attached hydrogens (primary N) is 1. The van der Waals surface area contributed by atoms with Crippen molar-refractivity contribution in [3.63, 3.8) is 0 Å². The van der Waals surface area contributed by atoms with Gasteiger partial charge in [0.1, 0.15) is 0 Å². The molecule has 0 amide bonds. The van der Waals surface area contributed by atoms with E-state index in [0.29, 0.717) is 12.5 Å². The van der Waals surface area contributed by atoms with Gasteiger partial charge in [0.05, 0.1) is 12.3 Å². The van der Waals surface area contributed by atoms with Crippen LogP contribution in [0.15, 0.2) is 29.3 Å². The molecule has 0 spiro atoms. The monoisotopic (exact) mass is 425 g/mol. The molecular formula is C14H24IN3O2S. The number of guanidine groups is 1. The van der Waals surface area contributed by atoms with Gasteiger partial charge in [0.2, 0.25) is 0 Å². The first-order valence-corrected chi connectivity index (χ1v) is 8.69. The van der Waals surface area contributed by atoms with Crippen LogP contribution in [0.1, 0.15) is 31.4 Å². The molecule has 1 rings (SSSR count). The van der Waals surface area contributed by atoms with Gasteiger partial charge in [-0.3, -0.25) is 0 Å². The predicted octanol–water partition coefficient (Wildman–Crippen LogP) is 2.05. The Morgan fingerprint density at radius 1 is 1.33 bits per heavy atom. The van der Waals surface area contributed by atoms with Crippen molar-refractivity contribution in [2.75, 3.05) is 6.26 Å². The van der Waals surface area contributed by atoms with Crippen molar-refractivity contribution in [3.05, 3.63) is 35.4 Å². The second kappa shape index (κ2) is 9.24. The lowest BCUT2D eigenvalue weighted by Crippen LogP contribution is -2.38. The highest BCUT2D eigenvalue weighted by Crippen LogP contribution is 2.13. The minimum absolute atomic E-state index is 0. The SMILES string of the molecule is CCC(C)NC(N)=NCc1ccccc1CS(C)(=O)=O.I. The van der Waals surface area contributed by atoms with Gasteiger partial charge in [0, 0.05) is 12.3 Å². The number of aliphatic imine (C=N–C) groups is 1. The van der Waals surface area contributed by atoms with Crippen LogP contribution in [0.3, 0.4) is 0 Å². The van der Waals surface area contributed by atoms with E-state index in [2.05, 4.69) is 17.2 Å². The molecule has 5 nitrogen and oxygen atoms in total. The molecule has 120 valence electrons. The molecule has 0 bridgehead atoms. The number of sulfone groups is 1. The van der Waals surface area contributed by atoms with Crippen molar-refractivity contribution < 1.29 is 8.42 Å². The molecular weight excluding hydrogens is 401 g/mol. The van der Waals surface area contributed by atoms with Crippen molar-refractivity contribution in [3.8, 4) is 0 Å². The van der Waals surface area contributed by atoms with Gasteiger partial charge in [-0.2, -0.15) is 0 Å². The van der Waals surface area contributed by atoms with Crippen molar-refractivity contribution >= 4 is 39.8 Å². The van der Waals surface area contributed by atoms with Crippen LogP contribution in [-0.2, 0) is 22.1 Å². The zero-order chi connectivity index (χ0) is 15.2. The maximum atomic E-state index is 11.4. The number of rotatable bonds is 6. The molecule has 0 aliphatic carbocycles. The quantitative estimate of drug-likeness (QED) is 0.415. The fraction of sp³-hybridized carbons (Fsp3) is 0.500. The molecule has 0 heterocycles. The molecule has 21 heavy (non-hydrogen) atoms. The number of nitrogens with zero attached hydrogens (tertiary/aromatic N) is 1. The molecule has 3 N–H and O–H groups in total. The first-order chi connectivity index (χ1) is 9.31. The molecule has 0 aliphatic rings. The van der Waals surface area contributed by atoms with E-state index in [9.17, 15) is 8.42 Å². The van der Waals surface area contributed by atoms with Crippen molar-refractivity contribution in [1.29, 1.82) is 0 Å². The number of hydrogen-bond donors (Lipinski definition) is 2. The van der Waals surface area contributed by atoms with E-state index in [1.807, 2.05) is 31.2 Å². The van der Waals surface area contributed by atoms with Crippen LogP contribution in [0.2, 0.25) is 0 Å². The molecule has 0 aromatic heterocycles. The maximum absolute atomic E-state index is 11.4. The lowest BCUT2D eigenvalue weighted by molar-refractivity contribution is 0.601. The Kier molecular flexibility index (Phi) is 8.88. The van der Waals surface area contributed by atoms with Crippen LogP contribution in [0, 0.1) is 0 Å². The van der Waals surface area contributed by atoms with Gasteiger partial charge >= 0.3 is 0 Å². The molecule has 0 saturated heterocycles. The lowest BCUT2D eigenvalue weighted by Gasteiger charge is -2.12. The lowest BCUT2D eigenvalue weighted by atomic mass is 10.1. The van der Waals surface area contributed by atoms with Crippen LogP contribution >= 0.6 is 24.0 Å². The molecule has 0 radical (unpaired) electrons. The summed E-state index contributed by atoms with van der Waals surface area (Å²) >= 11 is 0. The summed E-state index contributed by atoms with van der Waals surface area (Å²) in [7, 11) is -3.06. The van der Waals surface area contributed by atoms with Crippen molar-refractivity contribution in [2.24, 2.45) is 10.7 Å². The van der Waals surface area contributed by atoms with Gasteiger partial charge in [-0.15, -0.1) is 24.0 Å². The van der Waals surface area contributed by atoms with E-state index >= 15 is 0 Å². The predicted molar refractivity (Wildman–Crippen MR) is 98.6 cm³/mol. The first kappa shape index (κ1) is 20.2. The normalized spacial score (nSPS) is 13.4. The van der Waals surface area contributed by atoms with Gasteiger partial charge in [0.15, 0.2) is 15.8 Å². The van der Waals surface area contributed by atoms with Crippen LogP contribution < -0.4 is 11.1 Å². The van der Waals surface area contributed by atoms with Gasteiger partial charge in [0.25, 0.3) is 0 Å². The third-order valence-electron chi connectivity index (χ3n) is 2.96. The average Bonchev–Trinajstić information content (AvgIpc) is 2.35. The van der Waals surface area contributed by atoms with Crippen LogP contribution in [0.25, 0.3) is 0 Å². The van der Waals surface area contributed by atoms with Gasteiger partial charge < -0.3 is 11.1 Å². The highest BCUT2D eigenvalue weighted by atomic mass is 127. The first-order valence-electron chi connectivity index (χ1n) is 6.62. The Bertz CT molecular complexity index is 573. The van der Waals surface area contributed by atoms with Crippen LogP contribution in [0.4, 0.5) is 0 Å². The third-order valence-corrected chi connectivity index (χ3v) is 3.80. The largest absolute Gasteiger partial charge is 0.370 e. The van der Waals surface area contributed by atoms with Gasteiger partial charge in [-0.25, -0.2) is 13.4 Å². The summed E-state index contributed by atoms with van der Waals surface area (Å²) in [6, 6.07) is 7.65. The molecule has 0 aliphatic heterocycles. The summed E-state index contributed by atoms with van der Waals surface area (Å²) in [4.78, 5) is 4.26. The van der Waals surface area contributed by atoms with E-state index < -0.39 is 9.84 Å². The molecule has 1 aromatic carbocycles. The fourth-order valence-electron chi connectivity index (χ4n) is 1.71. The second-order valence-electron chi connectivity index (χ2n) is 4.99. The fourth-order valence-corrected chi connectivity index (χ4v) is 2.55. The van der Waals surface area contributed by atoms with E-state index in [4.69, 9.17) is 5.73 Å². The molecule has 0 saturated carbocycles. The Labute approximate surface area is 144 Å². The smallest absolute Gasteiger partial charge is 0.189 e. The Hall–Kier alpha value is -0.830. The number of hydrogen-bond acceptors (Lipinski definition) is 3. The number of benzene rings is 1. The van der Waals surface area contributed by atoms with Gasteiger partial charge in [-0.1, -0.05) is 31.2 Å². The summed E-state index contributed by atoms with van der Waals surface area (Å²) in [6.07, 6.45) is 2.19. The van der Waals surface area contributed by atoms with Gasteiger partial charge in [-0.05, 0) is 24.5 Å². The summed E-state index contributed by atoms with van der Waals surface area (Å²) in [5.74, 6) is 0.408. The minimum Gasteiger partial charge on any atom is -0.370 e. The molecule has 7 heteroatoms. The summed E-state index contributed by atoms with van der Waals surface area (Å²) in [6.45, 7) is 4.47. The topological polar surface area (TPSA) is 84.5 Å². The van der Waals surface area contributed by atoms with Crippen molar-refractivity contribution in [2.45, 2.75) is 38.6 Å². The van der Waals surface area contributed by atoms with E-state index in [1.165, 1.54) is 6.26 Å². The Morgan fingerprint density at radius 2 is 1.90 bits per heavy atom. The van der Waals surface area contributed by atoms with Crippen molar-refractivity contribution in [1.82, 2.24) is 5.32 Å². The minimum atomic E-state index is -3.06. The second-order valence-corrected chi connectivity index (χ2v) is 7.13. The third kappa shape index (κ3) is 8.25. The molecule has 1 atom stereocenters. The van der Waals surface area contributed by atoms with E-state index in [0.717, 1.165) is 17.5 Å². The van der Waals surface area contributed by atoms with E-state index in [-0.39, 0.29) is 35.8 Å². The highest BCUT2D eigenvalue weighted by molar-refractivity contribution is 14.0. The zero-order valence-electron chi connectivity index (χ0n) is 12.7. The standard InChI is InChI=1S/C14H23N3O2S.HI/c1-4-11(2)17-14(15)16-9-12-7-5-6-8-13(12)10-20(3,18)19;/h5-8,11H,4,9-10H2,1-3H3,(H3,15,16,17);1H. The summed E-state index contributed by atoms with van der Waals surface area (Å²) < 4.78 is 22.8. The zero-order valence-corrected chi connectivity index (χ0v) is 15.8. The Morgan fingerprint density at radius 3 is 2.43 bits per heavy atom.